The molecule has 1 N–H and O–H groups in total. The van der Waals surface area contributed by atoms with Gasteiger partial charge in [0.05, 0.1) is 17.3 Å². The zero-order chi connectivity index (χ0) is 13.1. The highest BCUT2D eigenvalue weighted by atomic mass is 35.5. The predicted molar refractivity (Wildman–Crippen MR) is 72.3 cm³/mol. The molecule has 1 aliphatic heterocycles. The molecule has 0 aliphatic carbocycles. The minimum absolute atomic E-state index is 0.649. The summed E-state index contributed by atoms with van der Waals surface area (Å²) in [5.41, 5.74) is 0.819. The summed E-state index contributed by atoms with van der Waals surface area (Å²) in [7, 11) is 0. The van der Waals surface area contributed by atoms with Gasteiger partial charge in [0, 0.05) is 26.2 Å². The number of hydrogen-bond donors (Lipinski definition) is 1. The van der Waals surface area contributed by atoms with Crippen LogP contribution in [0.4, 0.5) is 0 Å². The van der Waals surface area contributed by atoms with Gasteiger partial charge >= 0.3 is 0 Å². The summed E-state index contributed by atoms with van der Waals surface area (Å²) in [6.07, 6.45) is 0. The van der Waals surface area contributed by atoms with Gasteiger partial charge in [0.15, 0.2) is 5.82 Å². The number of rotatable bonds is 3. The maximum Gasteiger partial charge on any atom is 0.170 e. The van der Waals surface area contributed by atoms with Gasteiger partial charge in [0.25, 0.3) is 0 Å². The van der Waals surface area contributed by atoms with Crippen molar-refractivity contribution in [1.29, 1.82) is 0 Å². The molecule has 2 heterocycles. The Morgan fingerprint density at radius 2 is 2.00 bits per heavy atom. The van der Waals surface area contributed by atoms with E-state index in [0.29, 0.717) is 5.02 Å². The molecule has 1 aliphatic rings. The van der Waals surface area contributed by atoms with Crippen molar-refractivity contribution >= 4 is 11.6 Å². The van der Waals surface area contributed by atoms with E-state index in [9.17, 15) is 0 Å². The van der Waals surface area contributed by atoms with Crippen LogP contribution >= 0.6 is 11.6 Å². The molecule has 0 radical (unpaired) electrons. The lowest BCUT2D eigenvalue weighted by Gasteiger charge is -2.26. The van der Waals surface area contributed by atoms with E-state index in [4.69, 9.17) is 11.6 Å². The highest BCUT2D eigenvalue weighted by molar-refractivity contribution is 6.32. The molecule has 2 aromatic rings. The van der Waals surface area contributed by atoms with Gasteiger partial charge in [0.1, 0.15) is 0 Å². The average molecular weight is 279 g/mol. The van der Waals surface area contributed by atoms with Gasteiger partial charge in [-0.3, -0.25) is 4.90 Å². The molecule has 1 fully saturated rings. The van der Waals surface area contributed by atoms with Crippen molar-refractivity contribution in [2.75, 3.05) is 26.2 Å². The van der Waals surface area contributed by atoms with E-state index in [0.717, 1.165) is 44.2 Å². The second kappa shape index (κ2) is 5.64. The van der Waals surface area contributed by atoms with Crippen molar-refractivity contribution in [2.45, 2.75) is 6.54 Å². The smallest absolute Gasteiger partial charge is 0.170 e. The number of halogens is 1. The SMILES string of the molecule is Clc1ccccc1-n1nnnc1CN1CCNCC1. The molecule has 1 aromatic heterocycles. The summed E-state index contributed by atoms with van der Waals surface area (Å²) < 4.78 is 1.71. The summed E-state index contributed by atoms with van der Waals surface area (Å²) in [6.45, 7) is 4.77. The van der Waals surface area contributed by atoms with E-state index >= 15 is 0 Å². The summed E-state index contributed by atoms with van der Waals surface area (Å²) in [5.74, 6) is 0.815. The Labute approximate surface area is 116 Å². The van der Waals surface area contributed by atoms with E-state index in [1.54, 1.807) is 4.68 Å². The summed E-state index contributed by atoms with van der Waals surface area (Å²) >= 11 is 6.19. The molecule has 100 valence electrons. The number of tetrazole rings is 1. The number of benzene rings is 1. The highest BCUT2D eigenvalue weighted by Crippen LogP contribution is 2.19. The van der Waals surface area contributed by atoms with E-state index in [1.165, 1.54) is 0 Å². The summed E-state index contributed by atoms with van der Waals surface area (Å²) in [4.78, 5) is 2.33. The normalized spacial score (nSPS) is 16.7. The molecule has 0 bridgehead atoms. The van der Waals surface area contributed by atoms with Crippen molar-refractivity contribution in [1.82, 2.24) is 30.4 Å². The fourth-order valence-corrected chi connectivity index (χ4v) is 2.40. The Balaban J connectivity index is 1.84. The van der Waals surface area contributed by atoms with Crippen molar-refractivity contribution in [3.05, 3.63) is 35.1 Å². The molecule has 0 saturated carbocycles. The van der Waals surface area contributed by atoms with Crippen LogP contribution in [0.5, 0.6) is 0 Å². The first kappa shape index (κ1) is 12.5. The molecule has 6 nitrogen and oxygen atoms in total. The number of aromatic nitrogens is 4. The van der Waals surface area contributed by atoms with Crippen LogP contribution in [0, 0.1) is 0 Å². The van der Waals surface area contributed by atoms with Gasteiger partial charge in [-0.05, 0) is 22.6 Å². The van der Waals surface area contributed by atoms with Crippen molar-refractivity contribution in [3.63, 3.8) is 0 Å². The third-order valence-electron chi connectivity index (χ3n) is 3.19. The van der Waals surface area contributed by atoms with Crippen LogP contribution in [-0.2, 0) is 6.54 Å². The van der Waals surface area contributed by atoms with Crippen LogP contribution in [-0.4, -0.2) is 51.3 Å². The number of para-hydroxylation sites is 1. The van der Waals surface area contributed by atoms with Gasteiger partial charge in [-0.25, -0.2) is 0 Å². The number of nitrogens with zero attached hydrogens (tertiary/aromatic N) is 5. The molecular formula is C12H15ClN6. The Kier molecular flexibility index (Phi) is 3.72. The third-order valence-corrected chi connectivity index (χ3v) is 3.51. The topological polar surface area (TPSA) is 58.9 Å². The lowest BCUT2D eigenvalue weighted by molar-refractivity contribution is 0.226. The second-order valence-corrected chi connectivity index (χ2v) is 4.89. The molecule has 1 saturated heterocycles. The van der Waals surface area contributed by atoms with Crippen LogP contribution in [0.3, 0.4) is 0 Å². The molecule has 0 spiro atoms. The highest BCUT2D eigenvalue weighted by Gasteiger charge is 2.16. The van der Waals surface area contributed by atoms with Crippen molar-refractivity contribution in [2.24, 2.45) is 0 Å². The largest absolute Gasteiger partial charge is 0.314 e. The summed E-state index contributed by atoms with van der Waals surface area (Å²) in [6, 6.07) is 7.58. The Bertz CT molecular complexity index is 549. The predicted octanol–water partition coefficient (Wildman–Crippen LogP) is 0.721. The van der Waals surface area contributed by atoms with Crippen molar-refractivity contribution in [3.8, 4) is 5.69 Å². The standard InChI is InChI=1S/C12H15ClN6/c13-10-3-1-2-4-11(10)19-12(15-16-17-19)9-18-7-5-14-6-8-18/h1-4,14H,5-9H2. The van der Waals surface area contributed by atoms with Gasteiger partial charge in [-0.1, -0.05) is 23.7 Å². The van der Waals surface area contributed by atoms with Gasteiger partial charge in [-0.15, -0.1) is 5.10 Å². The average Bonchev–Trinajstić information content (AvgIpc) is 2.88. The fourth-order valence-electron chi connectivity index (χ4n) is 2.18. The number of nitrogens with one attached hydrogen (secondary N) is 1. The molecule has 1 aromatic carbocycles. The minimum atomic E-state index is 0.649. The van der Waals surface area contributed by atoms with Crippen LogP contribution in [0.15, 0.2) is 24.3 Å². The van der Waals surface area contributed by atoms with E-state index < -0.39 is 0 Å². The third kappa shape index (κ3) is 2.75. The molecule has 19 heavy (non-hydrogen) atoms. The van der Waals surface area contributed by atoms with E-state index in [2.05, 4.69) is 25.7 Å². The Morgan fingerprint density at radius 1 is 1.21 bits per heavy atom. The monoisotopic (exact) mass is 278 g/mol. The summed E-state index contributed by atoms with van der Waals surface area (Å²) in [5, 5.41) is 15.9. The lowest BCUT2D eigenvalue weighted by Crippen LogP contribution is -2.43. The molecule has 0 amide bonds. The van der Waals surface area contributed by atoms with Gasteiger partial charge < -0.3 is 5.32 Å². The fraction of sp³-hybridized carbons (Fsp3) is 0.417. The molecule has 7 heteroatoms. The number of piperazine rings is 1. The van der Waals surface area contributed by atoms with Gasteiger partial charge in [-0.2, -0.15) is 4.68 Å². The first-order chi connectivity index (χ1) is 9.34. The quantitative estimate of drug-likeness (QED) is 0.897. The zero-order valence-electron chi connectivity index (χ0n) is 10.5. The first-order valence-corrected chi connectivity index (χ1v) is 6.67. The lowest BCUT2D eigenvalue weighted by atomic mass is 10.3. The number of hydrogen-bond acceptors (Lipinski definition) is 5. The van der Waals surface area contributed by atoms with Crippen molar-refractivity contribution < 1.29 is 0 Å². The van der Waals surface area contributed by atoms with E-state index in [1.807, 2.05) is 24.3 Å². The maximum atomic E-state index is 6.19. The van der Waals surface area contributed by atoms with Crippen LogP contribution in [0.1, 0.15) is 5.82 Å². The maximum absolute atomic E-state index is 6.19. The molecule has 0 unspecified atom stereocenters. The Morgan fingerprint density at radius 3 is 2.79 bits per heavy atom. The van der Waals surface area contributed by atoms with Crippen LogP contribution in [0.25, 0.3) is 5.69 Å². The Hall–Kier alpha value is -1.50. The van der Waals surface area contributed by atoms with Crippen LogP contribution < -0.4 is 5.32 Å². The first-order valence-electron chi connectivity index (χ1n) is 6.30. The zero-order valence-corrected chi connectivity index (χ0v) is 11.2. The minimum Gasteiger partial charge on any atom is -0.314 e. The second-order valence-electron chi connectivity index (χ2n) is 4.48. The molecular weight excluding hydrogens is 264 g/mol. The van der Waals surface area contributed by atoms with Gasteiger partial charge in [0.2, 0.25) is 0 Å². The molecule has 0 atom stereocenters. The van der Waals surface area contributed by atoms with Crippen LogP contribution in [0.2, 0.25) is 5.02 Å². The molecule has 3 rings (SSSR count). The van der Waals surface area contributed by atoms with E-state index in [-0.39, 0.29) is 0 Å².